The standard InChI is InChI=1S/C31H40N6O4/c1-41-31(40)26(15-20-18-32-19-33-20)35-29(38)28-30(39)37(27-12-8-7-11-25(27)34-28)24-16-22-13-14-23(17-24)36(22)21-9-5-3-2-4-6-10-21/h7-8,11-12,18-19,21-24,26H,2-6,9-10,13-17H2,1H3,(H,32,33)(H,35,38)/t22-,23+,24?,26?. The molecule has 6 rings (SSSR count). The Morgan fingerprint density at radius 3 is 2.39 bits per heavy atom. The molecule has 4 heterocycles. The van der Waals surface area contributed by atoms with Crippen LogP contribution >= 0.6 is 0 Å². The normalized spacial score (nSPS) is 24.5. The van der Waals surface area contributed by atoms with Gasteiger partial charge in [-0.2, -0.15) is 0 Å². The molecule has 0 spiro atoms. The predicted octanol–water partition coefficient (Wildman–Crippen LogP) is 3.91. The number of imidazole rings is 1. The molecule has 0 radical (unpaired) electrons. The molecule has 4 atom stereocenters. The Bertz CT molecular complexity index is 1410. The van der Waals surface area contributed by atoms with E-state index in [1.807, 2.05) is 28.8 Å². The molecule has 3 aliphatic rings. The molecule has 2 aliphatic heterocycles. The molecule has 2 saturated heterocycles. The smallest absolute Gasteiger partial charge is 0.328 e. The fourth-order valence-electron chi connectivity index (χ4n) is 7.57. The number of carbonyl (C=O) groups excluding carboxylic acids is 2. The van der Waals surface area contributed by atoms with Crippen molar-refractivity contribution in [2.45, 2.75) is 107 Å². The first-order chi connectivity index (χ1) is 20.0. The molecule has 2 bridgehead atoms. The average Bonchev–Trinajstić information content (AvgIpc) is 3.56. The maximum Gasteiger partial charge on any atom is 0.328 e. The number of ether oxygens (including phenoxy) is 1. The average molecular weight is 561 g/mol. The first kappa shape index (κ1) is 27.6. The summed E-state index contributed by atoms with van der Waals surface area (Å²) in [4.78, 5) is 54.3. The Labute approximate surface area is 239 Å². The highest BCUT2D eigenvalue weighted by atomic mass is 16.5. The van der Waals surface area contributed by atoms with E-state index in [2.05, 4.69) is 25.2 Å². The molecule has 2 aromatic heterocycles. The number of esters is 1. The van der Waals surface area contributed by atoms with Crippen molar-refractivity contribution in [3.8, 4) is 0 Å². The second-order valence-electron chi connectivity index (χ2n) is 11.9. The summed E-state index contributed by atoms with van der Waals surface area (Å²) in [6, 6.07) is 8.09. The van der Waals surface area contributed by atoms with Crippen LogP contribution in [0.3, 0.4) is 0 Å². The van der Waals surface area contributed by atoms with Gasteiger partial charge in [0.1, 0.15) is 6.04 Å². The molecule has 2 unspecified atom stereocenters. The molecule has 41 heavy (non-hydrogen) atoms. The summed E-state index contributed by atoms with van der Waals surface area (Å²) in [5.74, 6) is -1.29. The van der Waals surface area contributed by atoms with Gasteiger partial charge in [0.05, 0.1) is 24.5 Å². The molecule has 1 aliphatic carbocycles. The van der Waals surface area contributed by atoms with Gasteiger partial charge in [-0.3, -0.25) is 14.5 Å². The van der Waals surface area contributed by atoms with Crippen LogP contribution < -0.4 is 10.9 Å². The Morgan fingerprint density at radius 1 is 1.00 bits per heavy atom. The number of piperidine rings is 1. The lowest BCUT2D eigenvalue weighted by Crippen LogP contribution is -2.51. The third-order valence-electron chi connectivity index (χ3n) is 9.41. The van der Waals surface area contributed by atoms with Crippen LogP contribution in [0.15, 0.2) is 41.6 Å². The third-order valence-corrected chi connectivity index (χ3v) is 9.41. The molecular formula is C31H40N6O4. The molecular weight excluding hydrogens is 520 g/mol. The summed E-state index contributed by atoms with van der Waals surface area (Å²) in [7, 11) is 1.27. The number of rotatable bonds is 7. The number of nitrogens with one attached hydrogen (secondary N) is 2. The highest BCUT2D eigenvalue weighted by molar-refractivity contribution is 5.96. The maximum absolute atomic E-state index is 14.1. The minimum Gasteiger partial charge on any atom is -0.467 e. The predicted molar refractivity (Wildman–Crippen MR) is 155 cm³/mol. The van der Waals surface area contributed by atoms with Crippen LogP contribution in [0.2, 0.25) is 0 Å². The molecule has 1 aromatic carbocycles. The van der Waals surface area contributed by atoms with Gasteiger partial charge in [-0.25, -0.2) is 14.8 Å². The van der Waals surface area contributed by atoms with Gasteiger partial charge in [0.15, 0.2) is 5.69 Å². The first-order valence-corrected chi connectivity index (χ1v) is 15.2. The van der Waals surface area contributed by atoms with E-state index in [9.17, 15) is 14.4 Å². The number of para-hydroxylation sites is 2. The van der Waals surface area contributed by atoms with Crippen molar-refractivity contribution in [1.29, 1.82) is 0 Å². The van der Waals surface area contributed by atoms with Crippen molar-refractivity contribution in [3.05, 3.63) is 58.5 Å². The zero-order valence-corrected chi connectivity index (χ0v) is 23.8. The third kappa shape index (κ3) is 5.66. The molecule has 10 nitrogen and oxygen atoms in total. The number of aromatic nitrogens is 4. The minimum absolute atomic E-state index is 0.00865. The largest absolute Gasteiger partial charge is 0.467 e. The number of amides is 1. The van der Waals surface area contributed by atoms with Crippen molar-refractivity contribution in [2.75, 3.05) is 7.11 Å². The van der Waals surface area contributed by atoms with E-state index in [1.165, 1.54) is 58.4 Å². The maximum atomic E-state index is 14.1. The molecule has 218 valence electrons. The van der Waals surface area contributed by atoms with Crippen molar-refractivity contribution in [2.24, 2.45) is 0 Å². The quantitative estimate of drug-likeness (QED) is 0.420. The summed E-state index contributed by atoms with van der Waals surface area (Å²) in [5, 5.41) is 2.70. The van der Waals surface area contributed by atoms with Crippen LogP contribution in [-0.4, -0.2) is 67.6 Å². The summed E-state index contributed by atoms with van der Waals surface area (Å²) in [6.45, 7) is 0. The van der Waals surface area contributed by atoms with Crippen LogP contribution in [0.5, 0.6) is 0 Å². The van der Waals surface area contributed by atoms with E-state index in [4.69, 9.17) is 4.74 Å². The van der Waals surface area contributed by atoms with Gasteiger partial charge < -0.3 is 19.6 Å². The molecule has 3 aromatic rings. The Hall–Kier alpha value is -3.53. The van der Waals surface area contributed by atoms with Gasteiger partial charge in [0.2, 0.25) is 0 Å². The zero-order chi connectivity index (χ0) is 28.3. The van der Waals surface area contributed by atoms with Gasteiger partial charge >= 0.3 is 5.97 Å². The molecule has 10 heteroatoms. The lowest BCUT2D eigenvalue weighted by molar-refractivity contribution is -0.142. The summed E-state index contributed by atoms with van der Waals surface area (Å²) in [6.07, 6.45) is 16.6. The Kier molecular flexibility index (Phi) is 8.18. The number of carbonyl (C=O) groups is 2. The molecule has 3 fully saturated rings. The van der Waals surface area contributed by atoms with Gasteiger partial charge in [0, 0.05) is 42.5 Å². The second kappa shape index (κ2) is 12.1. The molecule has 1 saturated carbocycles. The summed E-state index contributed by atoms with van der Waals surface area (Å²) >= 11 is 0. The van der Waals surface area contributed by atoms with E-state index in [-0.39, 0.29) is 18.2 Å². The molecule has 2 N–H and O–H groups in total. The topological polar surface area (TPSA) is 122 Å². The van der Waals surface area contributed by atoms with Crippen LogP contribution in [0.25, 0.3) is 11.0 Å². The Balaban J connectivity index is 1.29. The van der Waals surface area contributed by atoms with Crippen molar-refractivity contribution in [3.63, 3.8) is 0 Å². The number of methoxy groups -OCH3 is 1. The number of benzene rings is 1. The second-order valence-corrected chi connectivity index (χ2v) is 11.9. The van der Waals surface area contributed by atoms with Crippen LogP contribution in [0, 0.1) is 0 Å². The van der Waals surface area contributed by atoms with Crippen molar-refractivity contribution < 1.29 is 14.3 Å². The number of hydrogen-bond acceptors (Lipinski definition) is 7. The van der Waals surface area contributed by atoms with Gasteiger partial charge in [-0.15, -0.1) is 0 Å². The van der Waals surface area contributed by atoms with Crippen molar-refractivity contribution >= 4 is 22.9 Å². The monoisotopic (exact) mass is 560 g/mol. The van der Waals surface area contributed by atoms with Crippen LogP contribution in [0.1, 0.15) is 92.9 Å². The zero-order valence-electron chi connectivity index (χ0n) is 23.8. The number of hydrogen-bond donors (Lipinski definition) is 2. The highest BCUT2D eigenvalue weighted by Crippen LogP contribution is 2.44. The minimum atomic E-state index is -0.989. The van der Waals surface area contributed by atoms with E-state index < -0.39 is 23.5 Å². The lowest BCUT2D eigenvalue weighted by Gasteiger charge is -2.45. The number of H-pyrrole nitrogens is 1. The van der Waals surface area contributed by atoms with E-state index in [0.717, 1.165) is 31.2 Å². The SMILES string of the molecule is COC(=O)C(Cc1cnc[nH]1)NC(=O)c1nc2ccccc2n(C2C[C@H]3CC[C@@H](C2)N3C2CCCCCCC2)c1=O. The lowest BCUT2D eigenvalue weighted by atomic mass is 9.89. The van der Waals surface area contributed by atoms with E-state index in [1.54, 1.807) is 6.20 Å². The van der Waals surface area contributed by atoms with Crippen LogP contribution in [-0.2, 0) is 16.0 Å². The van der Waals surface area contributed by atoms with E-state index >= 15 is 0 Å². The fourth-order valence-corrected chi connectivity index (χ4v) is 7.57. The highest BCUT2D eigenvalue weighted by Gasteiger charge is 2.44. The molecule has 1 amide bonds. The number of aromatic amines is 1. The van der Waals surface area contributed by atoms with E-state index in [0.29, 0.717) is 29.3 Å². The summed E-state index contributed by atoms with van der Waals surface area (Å²) in [5.41, 5.74) is 1.40. The fraction of sp³-hybridized carbons (Fsp3) is 0.581. The van der Waals surface area contributed by atoms with Gasteiger partial charge in [0.25, 0.3) is 11.5 Å². The van der Waals surface area contributed by atoms with Gasteiger partial charge in [-0.1, -0.05) is 44.2 Å². The van der Waals surface area contributed by atoms with Gasteiger partial charge in [-0.05, 0) is 50.7 Å². The Morgan fingerprint density at radius 2 is 1.71 bits per heavy atom. The number of fused-ring (bicyclic) bond motifs is 3. The van der Waals surface area contributed by atoms with Crippen LogP contribution in [0.4, 0.5) is 0 Å². The van der Waals surface area contributed by atoms with Crippen molar-refractivity contribution in [1.82, 2.24) is 29.7 Å². The summed E-state index contributed by atoms with van der Waals surface area (Å²) < 4.78 is 6.75. The first-order valence-electron chi connectivity index (χ1n) is 15.2. The number of nitrogens with zero attached hydrogens (tertiary/aromatic N) is 4.